The number of benzene rings is 1. The molecule has 0 saturated carbocycles. The van der Waals surface area contributed by atoms with Crippen molar-refractivity contribution in [3.8, 4) is 0 Å². The smallest absolute Gasteiger partial charge is 0.328 e. The normalized spacial score (nSPS) is 10.8. The molecule has 0 saturated heterocycles. The van der Waals surface area contributed by atoms with Crippen LogP contribution in [-0.2, 0) is 11.8 Å². The average Bonchev–Trinajstić information content (AvgIpc) is 2.75. The molecule has 0 bridgehead atoms. The first-order valence-electron chi connectivity index (χ1n) is 6.28. The van der Waals surface area contributed by atoms with Gasteiger partial charge in [-0.1, -0.05) is 12.1 Å². The van der Waals surface area contributed by atoms with E-state index in [-0.39, 0.29) is 5.91 Å². The van der Waals surface area contributed by atoms with Crippen molar-refractivity contribution in [2.24, 2.45) is 7.05 Å². The number of carboxylic acids is 1. The SMILES string of the molecule is Cc1nn(C)cc1NC(=O)c1cccc(/C=C/C(=O)O)c1. The van der Waals surface area contributed by atoms with Crippen molar-refractivity contribution in [1.29, 1.82) is 0 Å². The van der Waals surface area contributed by atoms with Gasteiger partial charge in [-0.2, -0.15) is 5.10 Å². The Labute approximate surface area is 121 Å². The Morgan fingerprint density at radius 1 is 1.38 bits per heavy atom. The summed E-state index contributed by atoms with van der Waals surface area (Å²) in [7, 11) is 1.78. The monoisotopic (exact) mass is 285 g/mol. The molecule has 1 aromatic carbocycles. The summed E-state index contributed by atoms with van der Waals surface area (Å²) in [5.41, 5.74) is 2.47. The first kappa shape index (κ1) is 14.5. The second-order valence-corrected chi connectivity index (χ2v) is 4.55. The molecule has 1 aromatic heterocycles. The summed E-state index contributed by atoms with van der Waals surface area (Å²) < 4.78 is 1.62. The highest BCUT2D eigenvalue weighted by molar-refractivity contribution is 6.04. The molecule has 6 nitrogen and oxygen atoms in total. The van der Waals surface area contributed by atoms with E-state index in [0.29, 0.717) is 16.8 Å². The third kappa shape index (κ3) is 3.79. The van der Waals surface area contributed by atoms with Crippen molar-refractivity contribution < 1.29 is 14.7 Å². The molecular formula is C15H15N3O3. The van der Waals surface area contributed by atoms with Gasteiger partial charge in [-0.3, -0.25) is 9.48 Å². The molecule has 21 heavy (non-hydrogen) atoms. The van der Waals surface area contributed by atoms with Crippen molar-refractivity contribution >= 4 is 23.6 Å². The van der Waals surface area contributed by atoms with Gasteiger partial charge >= 0.3 is 5.97 Å². The molecule has 0 spiro atoms. The third-order valence-electron chi connectivity index (χ3n) is 2.83. The van der Waals surface area contributed by atoms with E-state index < -0.39 is 5.97 Å². The fourth-order valence-corrected chi connectivity index (χ4v) is 1.87. The molecule has 0 unspecified atom stereocenters. The molecule has 1 heterocycles. The van der Waals surface area contributed by atoms with Crippen molar-refractivity contribution in [1.82, 2.24) is 9.78 Å². The van der Waals surface area contributed by atoms with E-state index >= 15 is 0 Å². The summed E-state index contributed by atoms with van der Waals surface area (Å²) in [5.74, 6) is -1.30. The Kier molecular flexibility index (Phi) is 4.18. The molecule has 2 N–H and O–H groups in total. The highest BCUT2D eigenvalue weighted by Gasteiger charge is 2.10. The zero-order valence-corrected chi connectivity index (χ0v) is 11.7. The van der Waals surface area contributed by atoms with Crippen molar-refractivity contribution in [2.45, 2.75) is 6.92 Å². The first-order valence-corrected chi connectivity index (χ1v) is 6.28. The Morgan fingerprint density at radius 3 is 2.76 bits per heavy atom. The van der Waals surface area contributed by atoms with Gasteiger partial charge in [0.15, 0.2) is 0 Å². The maximum atomic E-state index is 12.2. The fourth-order valence-electron chi connectivity index (χ4n) is 1.87. The summed E-state index contributed by atoms with van der Waals surface area (Å²) in [6, 6.07) is 6.72. The molecule has 2 rings (SSSR count). The minimum absolute atomic E-state index is 0.267. The summed E-state index contributed by atoms with van der Waals surface area (Å²) in [5, 5.41) is 15.5. The molecule has 0 aliphatic heterocycles. The molecule has 0 atom stereocenters. The van der Waals surface area contributed by atoms with Crippen LogP contribution in [0.15, 0.2) is 36.5 Å². The number of carboxylic acid groups (broad SMARTS) is 1. The number of amides is 1. The molecule has 6 heteroatoms. The van der Waals surface area contributed by atoms with Crippen LogP contribution in [0.1, 0.15) is 21.6 Å². The van der Waals surface area contributed by atoms with Crippen LogP contribution in [0.25, 0.3) is 6.08 Å². The average molecular weight is 285 g/mol. The van der Waals surface area contributed by atoms with Gasteiger partial charge < -0.3 is 10.4 Å². The highest BCUT2D eigenvalue weighted by atomic mass is 16.4. The molecule has 0 fully saturated rings. The van der Waals surface area contributed by atoms with E-state index in [1.54, 1.807) is 42.2 Å². The van der Waals surface area contributed by atoms with Crippen LogP contribution in [0.2, 0.25) is 0 Å². The van der Waals surface area contributed by atoms with Gasteiger partial charge in [0.1, 0.15) is 0 Å². The number of rotatable bonds is 4. The van der Waals surface area contributed by atoms with Crippen LogP contribution in [0.3, 0.4) is 0 Å². The number of carbonyl (C=O) groups excluding carboxylic acids is 1. The second-order valence-electron chi connectivity index (χ2n) is 4.55. The van der Waals surface area contributed by atoms with Crippen LogP contribution < -0.4 is 5.32 Å². The lowest BCUT2D eigenvalue weighted by atomic mass is 10.1. The van der Waals surface area contributed by atoms with Crippen molar-refractivity contribution in [3.05, 3.63) is 53.4 Å². The minimum Gasteiger partial charge on any atom is -0.478 e. The highest BCUT2D eigenvalue weighted by Crippen LogP contribution is 2.14. The van der Waals surface area contributed by atoms with Crippen LogP contribution >= 0.6 is 0 Å². The third-order valence-corrected chi connectivity index (χ3v) is 2.83. The zero-order chi connectivity index (χ0) is 15.4. The van der Waals surface area contributed by atoms with E-state index in [4.69, 9.17) is 5.11 Å². The maximum absolute atomic E-state index is 12.2. The summed E-state index contributed by atoms with van der Waals surface area (Å²) in [4.78, 5) is 22.7. The zero-order valence-electron chi connectivity index (χ0n) is 11.7. The second kappa shape index (κ2) is 6.04. The molecule has 0 radical (unpaired) electrons. The number of aromatic nitrogens is 2. The van der Waals surface area contributed by atoms with Crippen LogP contribution in [-0.4, -0.2) is 26.8 Å². The van der Waals surface area contributed by atoms with Crippen LogP contribution in [0.5, 0.6) is 0 Å². The summed E-state index contributed by atoms with van der Waals surface area (Å²) in [6.07, 6.45) is 4.19. The number of hydrogen-bond donors (Lipinski definition) is 2. The number of nitrogens with one attached hydrogen (secondary N) is 1. The molecule has 2 aromatic rings. The Hall–Kier alpha value is -2.89. The number of nitrogens with zero attached hydrogens (tertiary/aromatic N) is 2. The van der Waals surface area contributed by atoms with E-state index in [2.05, 4.69) is 10.4 Å². The number of anilines is 1. The Balaban J connectivity index is 2.18. The summed E-state index contributed by atoms with van der Waals surface area (Å²) in [6.45, 7) is 1.81. The maximum Gasteiger partial charge on any atom is 0.328 e. The van der Waals surface area contributed by atoms with Gasteiger partial charge in [-0.15, -0.1) is 0 Å². The van der Waals surface area contributed by atoms with Crippen molar-refractivity contribution in [2.75, 3.05) is 5.32 Å². The van der Waals surface area contributed by atoms with Gasteiger partial charge in [0.2, 0.25) is 0 Å². The van der Waals surface area contributed by atoms with Gasteiger partial charge in [0, 0.05) is 24.9 Å². The minimum atomic E-state index is -1.03. The van der Waals surface area contributed by atoms with Gasteiger partial charge in [-0.25, -0.2) is 4.79 Å². The fraction of sp³-hybridized carbons (Fsp3) is 0.133. The lowest BCUT2D eigenvalue weighted by Gasteiger charge is -2.04. The van der Waals surface area contributed by atoms with E-state index in [1.165, 1.54) is 6.08 Å². The lowest BCUT2D eigenvalue weighted by Crippen LogP contribution is -2.12. The van der Waals surface area contributed by atoms with Gasteiger partial charge in [0.25, 0.3) is 5.91 Å². The molecular weight excluding hydrogens is 270 g/mol. The quantitative estimate of drug-likeness (QED) is 0.842. The number of aryl methyl sites for hydroxylation is 2. The van der Waals surface area contributed by atoms with Crippen molar-refractivity contribution in [3.63, 3.8) is 0 Å². The Morgan fingerprint density at radius 2 is 2.14 bits per heavy atom. The van der Waals surface area contributed by atoms with Gasteiger partial charge in [-0.05, 0) is 30.7 Å². The molecule has 0 aliphatic rings. The van der Waals surface area contributed by atoms with E-state index in [0.717, 1.165) is 11.8 Å². The van der Waals surface area contributed by atoms with E-state index in [1.807, 2.05) is 6.92 Å². The predicted molar refractivity (Wildman–Crippen MR) is 79.0 cm³/mol. The van der Waals surface area contributed by atoms with Crippen LogP contribution in [0, 0.1) is 6.92 Å². The number of aliphatic carboxylic acids is 1. The lowest BCUT2D eigenvalue weighted by molar-refractivity contribution is -0.131. The first-order chi connectivity index (χ1) is 9.95. The number of carbonyl (C=O) groups is 2. The van der Waals surface area contributed by atoms with Gasteiger partial charge in [0.05, 0.1) is 11.4 Å². The topological polar surface area (TPSA) is 84.2 Å². The predicted octanol–water partition coefficient (Wildman–Crippen LogP) is 2.08. The number of hydrogen-bond acceptors (Lipinski definition) is 3. The standard InChI is InChI=1S/C15H15N3O3/c1-10-13(9-18(2)17-10)16-15(21)12-5-3-4-11(8-12)6-7-14(19)20/h3-9H,1-2H3,(H,16,21)(H,19,20)/b7-6+. The molecule has 1 amide bonds. The van der Waals surface area contributed by atoms with E-state index in [9.17, 15) is 9.59 Å². The largest absolute Gasteiger partial charge is 0.478 e. The Bertz CT molecular complexity index is 717. The molecule has 0 aliphatic carbocycles. The summed E-state index contributed by atoms with van der Waals surface area (Å²) >= 11 is 0. The molecule has 108 valence electrons. The van der Waals surface area contributed by atoms with Crippen LogP contribution in [0.4, 0.5) is 5.69 Å².